The van der Waals surface area contributed by atoms with Gasteiger partial charge in [0.05, 0.1) is 24.5 Å². The Morgan fingerprint density at radius 3 is 2.67 bits per heavy atom. The number of anilines is 2. The van der Waals surface area contributed by atoms with Crippen molar-refractivity contribution in [2.24, 2.45) is 0 Å². The van der Waals surface area contributed by atoms with Gasteiger partial charge in [0.1, 0.15) is 0 Å². The van der Waals surface area contributed by atoms with Crippen LogP contribution in [0.2, 0.25) is 0 Å². The first-order valence-electron chi connectivity index (χ1n) is 10.3. The molecule has 3 saturated heterocycles. The fourth-order valence-electron chi connectivity index (χ4n) is 4.13. The molecule has 1 atom stereocenters. The van der Waals surface area contributed by atoms with Crippen molar-refractivity contribution in [3.05, 3.63) is 18.3 Å². The number of nitrogens with zero attached hydrogens (tertiary/aromatic N) is 3. The van der Waals surface area contributed by atoms with Crippen LogP contribution in [-0.4, -0.2) is 67.5 Å². The van der Waals surface area contributed by atoms with Crippen LogP contribution in [-0.2, 0) is 9.47 Å². The van der Waals surface area contributed by atoms with Crippen molar-refractivity contribution >= 4 is 17.5 Å². The minimum atomic E-state index is -0.0380. The van der Waals surface area contributed by atoms with Crippen LogP contribution >= 0.6 is 0 Å². The van der Waals surface area contributed by atoms with Gasteiger partial charge in [-0.05, 0) is 50.7 Å². The molecule has 7 nitrogen and oxygen atoms in total. The summed E-state index contributed by atoms with van der Waals surface area (Å²) in [6, 6.07) is 3.79. The maximum absolute atomic E-state index is 12.8. The van der Waals surface area contributed by atoms with E-state index in [0.717, 1.165) is 63.6 Å². The first-order valence-corrected chi connectivity index (χ1v) is 10.3. The first-order chi connectivity index (χ1) is 13.3. The van der Waals surface area contributed by atoms with E-state index in [-0.39, 0.29) is 18.2 Å². The Kier molecular flexibility index (Phi) is 6.09. The molecule has 3 aliphatic heterocycles. The number of piperidine rings is 2. The lowest BCUT2D eigenvalue weighted by Crippen LogP contribution is -2.44. The summed E-state index contributed by atoms with van der Waals surface area (Å²) in [4.78, 5) is 21.5. The zero-order valence-electron chi connectivity index (χ0n) is 15.9. The number of rotatable bonds is 4. The van der Waals surface area contributed by atoms with E-state index in [9.17, 15) is 4.79 Å². The van der Waals surface area contributed by atoms with E-state index in [0.29, 0.717) is 6.61 Å². The molecular weight excluding hydrogens is 344 g/mol. The third-order valence-electron chi connectivity index (χ3n) is 5.69. The van der Waals surface area contributed by atoms with Gasteiger partial charge in [0, 0.05) is 39.0 Å². The number of nitrogens with one attached hydrogen (secondary N) is 1. The molecule has 0 spiro atoms. The smallest absolute Gasteiger partial charge is 0.321 e. The van der Waals surface area contributed by atoms with Crippen molar-refractivity contribution in [1.29, 1.82) is 0 Å². The van der Waals surface area contributed by atoms with Crippen LogP contribution in [0, 0.1) is 0 Å². The molecule has 0 radical (unpaired) electrons. The number of ether oxygens (including phenoxy) is 2. The summed E-state index contributed by atoms with van der Waals surface area (Å²) in [6.07, 6.45) is 8.67. The number of pyridine rings is 1. The molecular formula is C20H30N4O3. The summed E-state index contributed by atoms with van der Waals surface area (Å²) < 4.78 is 11.5. The molecule has 27 heavy (non-hydrogen) atoms. The largest absolute Gasteiger partial charge is 0.379 e. The highest BCUT2D eigenvalue weighted by molar-refractivity contribution is 5.92. The highest BCUT2D eigenvalue weighted by Crippen LogP contribution is 2.26. The van der Waals surface area contributed by atoms with Crippen LogP contribution in [0.5, 0.6) is 0 Å². The van der Waals surface area contributed by atoms with Gasteiger partial charge in [0.15, 0.2) is 5.82 Å². The van der Waals surface area contributed by atoms with E-state index in [2.05, 4.69) is 15.2 Å². The van der Waals surface area contributed by atoms with Gasteiger partial charge < -0.3 is 24.6 Å². The first kappa shape index (κ1) is 18.5. The molecule has 2 amide bonds. The minimum absolute atomic E-state index is 0.0380. The van der Waals surface area contributed by atoms with Gasteiger partial charge in [0.2, 0.25) is 0 Å². The number of hydrogen-bond donors (Lipinski definition) is 1. The maximum Gasteiger partial charge on any atom is 0.321 e. The summed E-state index contributed by atoms with van der Waals surface area (Å²) in [5, 5.41) is 3.09. The highest BCUT2D eigenvalue weighted by atomic mass is 16.5. The van der Waals surface area contributed by atoms with Crippen molar-refractivity contribution in [3.8, 4) is 0 Å². The number of urea groups is 1. The molecule has 0 aliphatic carbocycles. The molecule has 0 aromatic carbocycles. The Morgan fingerprint density at radius 1 is 1.11 bits per heavy atom. The Labute approximate surface area is 161 Å². The molecule has 0 saturated carbocycles. The molecule has 4 heterocycles. The van der Waals surface area contributed by atoms with Crippen LogP contribution in [0.15, 0.2) is 18.3 Å². The van der Waals surface area contributed by atoms with E-state index in [4.69, 9.17) is 9.47 Å². The maximum atomic E-state index is 12.8. The zero-order chi connectivity index (χ0) is 18.5. The third kappa shape index (κ3) is 4.71. The molecule has 3 aliphatic rings. The summed E-state index contributed by atoms with van der Waals surface area (Å²) in [6.45, 7) is 4.98. The molecule has 4 rings (SSSR count). The quantitative estimate of drug-likeness (QED) is 0.878. The monoisotopic (exact) mass is 374 g/mol. The molecule has 3 fully saturated rings. The standard InChI is InChI=1S/C20H30N4O3/c25-20(24-12-6-16(7-13-24)27-17-8-14-26-15-17)22-18-5-4-9-21-19(18)23-10-2-1-3-11-23/h4-5,9,16-17H,1-3,6-8,10-15H2,(H,22,25). The van der Waals surface area contributed by atoms with Crippen molar-refractivity contribution in [2.45, 2.75) is 50.7 Å². The van der Waals surface area contributed by atoms with Crippen LogP contribution in [0.4, 0.5) is 16.3 Å². The normalized spacial score (nSPS) is 24.2. The third-order valence-corrected chi connectivity index (χ3v) is 5.69. The lowest BCUT2D eigenvalue weighted by atomic mass is 10.1. The second kappa shape index (κ2) is 8.89. The van der Waals surface area contributed by atoms with E-state index >= 15 is 0 Å². The predicted octanol–water partition coefficient (Wildman–Crippen LogP) is 2.87. The van der Waals surface area contributed by atoms with E-state index < -0.39 is 0 Å². The van der Waals surface area contributed by atoms with Gasteiger partial charge in [-0.3, -0.25) is 0 Å². The van der Waals surface area contributed by atoms with Crippen LogP contribution in [0.25, 0.3) is 0 Å². The number of hydrogen-bond acceptors (Lipinski definition) is 5. The molecule has 1 unspecified atom stereocenters. The molecule has 1 aromatic rings. The minimum Gasteiger partial charge on any atom is -0.379 e. The average Bonchev–Trinajstić information content (AvgIpc) is 3.23. The molecule has 7 heteroatoms. The Balaban J connectivity index is 1.30. The van der Waals surface area contributed by atoms with Gasteiger partial charge >= 0.3 is 6.03 Å². The highest BCUT2D eigenvalue weighted by Gasteiger charge is 2.27. The lowest BCUT2D eigenvalue weighted by Gasteiger charge is -2.34. The fraction of sp³-hybridized carbons (Fsp3) is 0.700. The van der Waals surface area contributed by atoms with Crippen LogP contribution in [0.3, 0.4) is 0 Å². The van der Waals surface area contributed by atoms with Crippen molar-refractivity contribution in [2.75, 3.05) is 49.6 Å². The second-order valence-electron chi connectivity index (χ2n) is 7.66. The molecule has 1 aromatic heterocycles. The zero-order valence-corrected chi connectivity index (χ0v) is 15.9. The van der Waals surface area contributed by atoms with Crippen molar-refractivity contribution in [1.82, 2.24) is 9.88 Å². The van der Waals surface area contributed by atoms with E-state index in [1.54, 1.807) is 6.20 Å². The van der Waals surface area contributed by atoms with Crippen LogP contribution < -0.4 is 10.2 Å². The van der Waals surface area contributed by atoms with Crippen LogP contribution in [0.1, 0.15) is 38.5 Å². The van der Waals surface area contributed by atoms with Gasteiger partial charge in [0.25, 0.3) is 0 Å². The summed E-state index contributed by atoms with van der Waals surface area (Å²) >= 11 is 0. The number of carbonyl (C=O) groups is 1. The summed E-state index contributed by atoms with van der Waals surface area (Å²) in [5.74, 6) is 0.894. The number of likely N-dealkylation sites (tertiary alicyclic amines) is 1. The topological polar surface area (TPSA) is 66.9 Å². The van der Waals surface area contributed by atoms with Gasteiger partial charge in [-0.15, -0.1) is 0 Å². The van der Waals surface area contributed by atoms with Crippen molar-refractivity contribution < 1.29 is 14.3 Å². The van der Waals surface area contributed by atoms with Gasteiger partial charge in [-0.2, -0.15) is 0 Å². The van der Waals surface area contributed by atoms with Gasteiger partial charge in [-0.1, -0.05) is 0 Å². The van der Waals surface area contributed by atoms with E-state index in [1.807, 2.05) is 17.0 Å². The summed E-state index contributed by atoms with van der Waals surface area (Å²) in [5.41, 5.74) is 0.811. The number of amides is 2. The number of carbonyl (C=O) groups excluding carboxylic acids is 1. The average molecular weight is 374 g/mol. The van der Waals surface area contributed by atoms with Gasteiger partial charge in [-0.25, -0.2) is 9.78 Å². The second-order valence-corrected chi connectivity index (χ2v) is 7.66. The molecule has 148 valence electrons. The Hall–Kier alpha value is -1.86. The molecule has 0 bridgehead atoms. The fourth-order valence-corrected chi connectivity index (χ4v) is 4.13. The molecule has 1 N–H and O–H groups in total. The van der Waals surface area contributed by atoms with E-state index in [1.165, 1.54) is 19.3 Å². The lowest BCUT2D eigenvalue weighted by molar-refractivity contribution is -0.0387. The summed E-state index contributed by atoms with van der Waals surface area (Å²) in [7, 11) is 0. The predicted molar refractivity (Wildman–Crippen MR) is 104 cm³/mol. The Bertz CT molecular complexity index is 621. The number of aromatic nitrogens is 1. The van der Waals surface area contributed by atoms with Crippen molar-refractivity contribution in [3.63, 3.8) is 0 Å². The Morgan fingerprint density at radius 2 is 1.93 bits per heavy atom. The SMILES string of the molecule is O=C(Nc1cccnc1N1CCCCC1)N1CCC(OC2CCOC2)CC1.